The molecule has 0 spiro atoms. The first kappa shape index (κ1) is 17.3. The highest BCUT2D eigenvalue weighted by Crippen LogP contribution is 2.15. The molecule has 0 radical (unpaired) electrons. The summed E-state index contributed by atoms with van der Waals surface area (Å²) in [7, 11) is -3.68. The van der Waals surface area contributed by atoms with Gasteiger partial charge in [-0.3, -0.25) is 4.79 Å². The molecule has 0 aliphatic carbocycles. The molecule has 2 aromatic rings. The molecule has 0 saturated carbocycles. The van der Waals surface area contributed by atoms with E-state index in [4.69, 9.17) is 16.3 Å². The molecule has 1 amide bonds. The van der Waals surface area contributed by atoms with Gasteiger partial charge < -0.3 is 10.1 Å². The molecule has 0 saturated heterocycles. The van der Waals surface area contributed by atoms with E-state index in [-0.39, 0.29) is 18.0 Å². The summed E-state index contributed by atoms with van der Waals surface area (Å²) in [5.41, 5.74) is 0. The summed E-state index contributed by atoms with van der Waals surface area (Å²) in [5.74, 6) is -0.493. The van der Waals surface area contributed by atoms with Gasteiger partial charge in [0.15, 0.2) is 9.84 Å². The first-order valence-electron chi connectivity index (χ1n) is 6.90. The highest BCUT2D eigenvalue weighted by atomic mass is 35.5. The highest BCUT2D eigenvalue weighted by molar-refractivity contribution is 7.92. The van der Waals surface area contributed by atoms with Gasteiger partial charge in [0.1, 0.15) is 18.1 Å². The van der Waals surface area contributed by atoms with Gasteiger partial charge in [0.05, 0.1) is 11.4 Å². The lowest BCUT2D eigenvalue weighted by atomic mass is 10.3. The van der Waals surface area contributed by atoms with Crippen LogP contribution in [0.5, 0.6) is 5.75 Å². The molecule has 0 aliphatic heterocycles. The van der Waals surface area contributed by atoms with E-state index in [1.54, 1.807) is 12.1 Å². The van der Waals surface area contributed by atoms with Crippen LogP contribution in [0.3, 0.4) is 0 Å². The summed E-state index contributed by atoms with van der Waals surface area (Å²) >= 11 is 5.71. The average molecular weight is 354 g/mol. The van der Waals surface area contributed by atoms with E-state index in [1.807, 2.05) is 18.2 Å². The Morgan fingerprint density at radius 1 is 1.04 bits per heavy atom. The molecule has 23 heavy (non-hydrogen) atoms. The summed E-state index contributed by atoms with van der Waals surface area (Å²) in [6.07, 6.45) is 0. The standard InChI is InChI=1S/C16H16ClNO4S/c17-13-6-8-15(9-7-13)23(20,21)12-16(19)18-10-11-22-14-4-2-1-3-5-14/h1-9H,10-12H2,(H,18,19). The predicted octanol–water partition coefficient (Wildman–Crippen LogP) is 2.31. The van der Waals surface area contributed by atoms with Crippen LogP contribution in [0, 0.1) is 0 Å². The van der Waals surface area contributed by atoms with Crippen molar-refractivity contribution in [2.75, 3.05) is 18.9 Å². The third-order valence-electron chi connectivity index (χ3n) is 2.93. The van der Waals surface area contributed by atoms with Gasteiger partial charge in [0, 0.05) is 5.02 Å². The lowest BCUT2D eigenvalue weighted by molar-refractivity contribution is -0.118. The van der Waals surface area contributed by atoms with E-state index in [0.29, 0.717) is 10.8 Å². The van der Waals surface area contributed by atoms with Crippen LogP contribution in [-0.2, 0) is 14.6 Å². The second kappa shape index (κ2) is 7.99. The number of amides is 1. The summed E-state index contributed by atoms with van der Waals surface area (Å²) in [6, 6.07) is 14.8. The Morgan fingerprint density at radius 2 is 1.70 bits per heavy atom. The molecular formula is C16H16ClNO4S. The Labute approximate surface area is 140 Å². The molecule has 7 heteroatoms. The van der Waals surface area contributed by atoms with Gasteiger partial charge in [0.2, 0.25) is 5.91 Å². The molecule has 122 valence electrons. The minimum absolute atomic E-state index is 0.0672. The van der Waals surface area contributed by atoms with Crippen molar-refractivity contribution >= 4 is 27.3 Å². The first-order valence-corrected chi connectivity index (χ1v) is 8.93. The fourth-order valence-electron chi connectivity index (χ4n) is 1.82. The van der Waals surface area contributed by atoms with Gasteiger partial charge in [-0.05, 0) is 36.4 Å². The Kier molecular flexibility index (Phi) is 6.01. The van der Waals surface area contributed by atoms with Crippen molar-refractivity contribution < 1.29 is 17.9 Å². The number of carbonyl (C=O) groups is 1. The van der Waals surface area contributed by atoms with Crippen LogP contribution in [0.25, 0.3) is 0 Å². The number of hydrogen-bond acceptors (Lipinski definition) is 4. The predicted molar refractivity (Wildman–Crippen MR) is 88.5 cm³/mol. The normalized spacial score (nSPS) is 11.0. The maximum absolute atomic E-state index is 12.1. The lowest BCUT2D eigenvalue weighted by Crippen LogP contribution is -2.33. The van der Waals surface area contributed by atoms with Gasteiger partial charge in [-0.2, -0.15) is 0 Å². The summed E-state index contributed by atoms with van der Waals surface area (Å²) in [4.78, 5) is 11.8. The molecule has 5 nitrogen and oxygen atoms in total. The second-order valence-corrected chi connectivity index (χ2v) is 7.15. The Morgan fingerprint density at radius 3 is 2.35 bits per heavy atom. The molecule has 0 atom stereocenters. The molecule has 0 heterocycles. The third-order valence-corrected chi connectivity index (χ3v) is 4.81. The summed E-state index contributed by atoms with van der Waals surface area (Å²) < 4.78 is 29.6. The topological polar surface area (TPSA) is 72.5 Å². The zero-order chi connectivity index (χ0) is 16.7. The van der Waals surface area contributed by atoms with E-state index in [9.17, 15) is 13.2 Å². The molecule has 0 aliphatic rings. The lowest BCUT2D eigenvalue weighted by Gasteiger charge is -2.08. The van der Waals surface area contributed by atoms with Crippen molar-refractivity contribution in [2.45, 2.75) is 4.90 Å². The number of benzene rings is 2. The van der Waals surface area contributed by atoms with Crippen LogP contribution in [-0.4, -0.2) is 33.2 Å². The molecule has 0 bridgehead atoms. The average Bonchev–Trinajstić information content (AvgIpc) is 2.52. The van der Waals surface area contributed by atoms with E-state index in [1.165, 1.54) is 24.3 Å². The van der Waals surface area contributed by atoms with Crippen molar-refractivity contribution in [3.05, 3.63) is 59.6 Å². The van der Waals surface area contributed by atoms with Gasteiger partial charge in [0.25, 0.3) is 0 Å². The van der Waals surface area contributed by atoms with Crippen molar-refractivity contribution in [3.8, 4) is 5.75 Å². The number of nitrogens with one attached hydrogen (secondary N) is 1. The number of carbonyl (C=O) groups excluding carboxylic acids is 1. The second-order valence-electron chi connectivity index (χ2n) is 4.72. The van der Waals surface area contributed by atoms with Crippen molar-refractivity contribution in [1.29, 1.82) is 0 Å². The molecule has 0 unspecified atom stereocenters. The molecule has 2 rings (SSSR count). The number of hydrogen-bond donors (Lipinski definition) is 1. The van der Waals surface area contributed by atoms with Gasteiger partial charge >= 0.3 is 0 Å². The van der Waals surface area contributed by atoms with E-state index >= 15 is 0 Å². The van der Waals surface area contributed by atoms with Crippen LogP contribution >= 0.6 is 11.6 Å². The number of para-hydroxylation sites is 1. The van der Waals surface area contributed by atoms with Crippen LogP contribution in [0.2, 0.25) is 5.02 Å². The SMILES string of the molecule is O=C(CS(=O)(=O)c1ccc(Cl)cc1)NCCOc1ccccc1. The molecular weight excluding hydrogens is 338 g/mol. The fourth-order valence-corrected chi connectivity index (χ4v) is 3.12. The number of sulfone groups is 1. The van der Waals surface area contributed by atoms with Crippen LogP contribution in [0.4, 0.5) is 0 Å². The number of halogens is 1. The van der Waals surface area contributed by atoms with E-state index in [2.05, 4.69) is 5.32 Å². The quantitative estimate of drug-likeness (QED) is 0.775. The highest BCUT2D eigenvalue weighted by Gasteiger charge is 2.18. The van der Waals surface area contributed by atoms with Crippen molar-refractivity contribution in [3.63, 3.8) is 0 Å². The Balaban J connectivity index is 1.79. The Bertz CT molecular complexity index is 745. The third kappa shape index (κ3) is 5.58. The van der Waals surface area contributed by atoms with E-state index in [0.717, 1.165) is 0 Å². The molecule has 2 aromatic carbocycles. The number of ether oxygens (including phenoxy) is 1. The van der Waals surface area contributed by atoms with Crippen molar-refractivity contribution in [2.24, 2.45) is 0 Å². The van der Waals surface area contributed by atoms with Crippen molar-refractivity contribution in [1.82, 2.24) is 5.32 Å². The Hall–Kier alpha value is -2.05. The number of rotatable bonds is 7. The van der Waals surface area contributed by atoms with Gasteiger partial charge in [-0.15, -0.1) is 0 Å². The zero-order valence-corrected chi connectivity index (χ0v) is 13.8. The maximum Gasteiger partial charge on any atom is 0.235 e. The fraction of sp³-hybridized carbons (Fsp3) is 0.188. The van der Waals surface area contributed by atoms with Gasteiger partial charge in [-0.1, -0.05) is 29.8 Å². The molecule has 0 fully saturated rings. The first-order chi connectivity index (χ1) is 11.0. The maximum atomic E-state index is 12.1. The minimum atomic E-state index is -3.68. The van der Waals surface area contributed by atoms with Crippen LogP contribution in [0.15, 0.2) is 59.5 Å². The van der Waals surface area contributed by atoms with E-state index < -0.39 is 21.5 Å². The molecule has 1 N–H and O–H groups in total. The zero-order valence-electron chi connectivity index (χ0n) is 12.2. The summed E-state index contributed by atoms with van der Waals surface area (Å²) in [6.45, 7) is 0.487. The molecule has 0 aromatic heterocycles. The monoisotopic (exact) mass is 353 g/mol. The van der Waals surface area contributed by atoms with Crippen LogP contribution in [0.1, 0.15) is 0 Å². The van der Waals surface area contributed by atoms with Gasteiger partial charge in [-0.25, -0.2) is 8.42 Å². The largest absolute Gasteiger partial charge is 0.492 e. The summed E-state index contributed by atoms with van der Waals surface area (Å²) in [5, 5.41) is 2.96. The van der Waals surface area contributed by atoms with Crippen LogP contribution < -0.4 is 10.1 Å². The minimum Gasteiger partial charge on any atom is -0.492 e. The smallest absolute Gasteiger partial charge is 0.235 e.